The molecule has 5 nitrogen and oxygen atoms in total. The second kappa shape index (κ2) is 6.57. The van der Waals surface area contributed by atoms with Gasteiger partial charge in [0.15, 0.2) is 0 Å². The molecule has 3 aromatic rings. The molecular formula is C18H18FN5Si. The molecular weight excluding hydrogens is 333 g/mol. The van der Waals surface area contributed by atoms with Crippen molar-refractivity contribution in [2.45, 2.75) is 25.8 Å². The number of halogens is 1. The van der Waals surface area contributed by atoms with Crippen LogP contribution in [0.4, 0.5) is 4.39 Å². The van der Waals surface area contributed by atoms with Crippen LogP contribution in [0.2, 0.25) is 19.6 Å². The van der Waals surface area contributed by atoms with E-state index in [0.717, 1.165) is 17.3 Å². The van der Waals surface area contributed by atoms with Crippen molar-refractivity contribution in [1.29, 1.82) is 5.26 Å². The van der Waals surface area contributed by atoms with E-state index in [-0.39, 0.29) is 5.82 Å². The molecule has 126 valence electrons. The minimum atomic E-state index is -1.33. The first-order valence-electron chi connectivity index (χ1n) is 7.92. The minimum absolute atomic E-state index is 0.292. The molecule has 0 amide bonds. The Morgan fingerprint density at radius 2 is 1.88 bits per heavy atom. The van der Waals surface area contributed by atoms with Crippen LogP contribution in [0.15, 0.2) is 42.7 Å². The lowest BCUT2D eigenvalue weighted by Gasteiger charge is -2.14. The van der Waals surface area contributed by atoms with Crippen molar-refractivity contribution >= 4 is 8.07 Å². The summed E-state index contributed by atoms with van der Waals surface area (Å²) >= 11 is 0. The van der Waals surface area contributed by atoms with E-state index in [0.29, 0.717) is 17.0 Å². The SMILES string of the molecule is C[Si](C)(C)Cn1cc(-c2cc(-c3ccc(F)cc3)cnc2C#N)nn1. The van der Waals surface area contributed by atoms with E-state index < -0.39 is 8.07 Å². The Bertz CT molecular complexity index is 935. The van der Waals surface area contributed by atoms with Crippen LogP contribution < -0.4 is 0 Å². The largest absolute Gasteiger partial charge is 0.255 e. The Morgan fingerprint density at radius 1 is 1.16 bits per heavy atom. The molecule has 7 heteroatoms. The fourth-order valence-electron chi connectivity index (χ4n) is 2.53. The summed E-state index contributed by atoms with van der Waals surface area (Å²) in [5.74, 6) is -0.292. The van der Waals surface area contributed by atoms with Gasteiger partial charge in [-0.05, 0) is 23.8 Å². The number of pyridine rings is 1. The van der Waals surface area contributed by atoms with Crippen molar-refractivity contribution < 1.29 is 4.39 Å². The molecule has 2 heterocycles. The molecule has 0 spiro atoms. The molecule has 0 N–H and O–H groups in total. The predicted molar refractivity (Wildman–Crippen MR) is 96.7 cm³/mol. The third-order valence-corrected chi connectivity index (χ3v) is 4.89. The van der Waals surface area contributed by atoms with Crippen LogP contribution in [0.3, 0.4) is 0 Å². The lowest BCUT2D eigenvalue weighted by Crippen LogP contribution is -2.28. The van der Waals surface area contributed by atoms with E-state index in [1.165, 1.54) is 12.1 Å². The molecule has 1 aromatic carbocycles. The van der Waals surface area contributed by atoms with Crippen LogP contribution in [0, 0.1) is 17.1 Å². The van der Waals surface area contributed by atoms with Gasteiger partial charge in [-0.1, -0.05) is 37.0 Å². The number of hydrogen-bond donors (Lipinski definition) is 0. The molecule has 0 fully saturated rings. The van der Waals surface area contributed by atoms with Gasteiger partial charge in [0, 0.05) is 23.5 Å². The number of benzene rings is 1. The molecule has 0 atom stereocenters. The maximum absolute atomic E-state index is 13.1. The summed E-state index contributed by atoms with van der Waals surface area (Å²) in [5, 5.41) is 17.8. The number of hydrogen-bond acceptors (Lipinski definition) is 4. The summed E-state index contributed by atoms with van der Waals surface area (Å²) in [6.45, 7) is 6.77. The Kier molecular flexibility index (Phi) is 4.46. The molecule has 0 saturated carbocycles. The van der Waals surface area contributed by atoms with Gasteiger partial charge in [-0.3, -0.25) is 4.68 Å². The smallest absolute Gasteiger partial charge is 0.149 e. The standard InChI is InChI=1S/C18H18FN5Si/c1-25(2,3)12-24-11-18(22-23-24)16-8-14(10-21-17(16)9-20)13-4-6-15(19)7-5-13/h4-8,10-11H,12H2,1-3H3. The van der Waals surface area contributed by atoms with Crippen molar-refractivity contribution in [2.24, 2.45) is 0 Å². The maximum atomic E-state index is 13.1. The number of nitriles is 1. The van der Waals surface area contributed by atoms with Gasteiger partial charge in [-0.15, -0.1) is 5.10 Å². The van der Waals surface area contributed by atoms with E-state index in [1.54, 1.807) is 18.3 Å². The van der Waals surface area contributed by atoms with Crippen molar-refractivity contribution in [3.8, 4) is 28.5 Å². The molecule has 0 aliphatic heterocycles. The van der Waals surface area contributed by atoms with Crippen LogP contribution >= 0.6 is 0 Å². The maximum Gasteiger partial charge on any atom is 0.149 e. The topological polar surface area (TPSA) is 67.4 Å². The second-order valence-electron chi connectivity index (χ2n) is 7.10. The van der Waals surface area contributed by atoms with Crippen molar-refractivity contribution in [3.05, 3.63) is 54.2 Å². The first kappa shape index (κ1) is 17.0. The zero-order valence-corrected chi connectivity index (χ0v) is 15.4. The zero-order chi connectivity index (χ0) is 18.0. The van der Waals surface area contributed by atoms with Crippen molar-refractivity contribution in [3.63, 3.8) is 0 Å². The molecule has 0 saturated heterocycles. The number of aromatic nitrogens is 4. The summed E-state index contributed by atoms with van der Waals surface area (Å²) < 4.78 is 15.0. The van der Waals surface area contributed by atoms with Crippen molar-refractivity contribution in [2.75, 3.05) is 0 Å². The fraction of sp³-hybridized carbons (Fsp3) is 0.222. The van der Waals surface area contributed by atoms with Crippen LogP contribution in [-0.4, -0.2) is 28.1 Å². The molecule has 2 aromatic heterocycles. The summed E-state index contributed by atoms with van der Waals surface area (Å²) in [4.78, 5) is 4.23. The first-order chi connectivity index (χ1) is 11.9. The lowest BCUT2D eigenvalue weighted by molar-refractivity contribution is 0.628. The molecule has 0 bridgehead atoms. The minimum Gasteiger partial charge on any atom is -0.255 e. The van der Waals surface area contributed by atoms with E-state index in [9.17, 15) is 9.65 Å². The Morgan fingerprint density at radius 3 is 2.52 bits per heavy atom. The van der Waals surface area contributed by atoms with Gasteiger partial charge in [0.25, 0.3) is 0 Å². The summed E-state index contributed by atoms with van der Waals surface area (Å²) in [6.07, 6.45) is 4.32. The quantitative estimate of drug-likeness (QED) is 0.669. The number of nitrogens with zero attached hydrogens (tertiary/aromatic N) is 5. The second-order valence-corrected chi connectivity index (χ2v) is 12.5. The summed E-state index contributed by atoms with van der Waals surface area (Å²) in [6, 6.07) is 10.1. The number of rotatable bonds is 4. The fourth-order valence-corrected chi connectivity index (χ4v) is 3.66. The molecule has 3 rings (SSSR count). The van der Waals surface area contributed by atoms with Crippen molar-refractivity contribution in [1.82, 2.24) is 20.0 Å². The third-order valence-electron chi connectivity index (χ3n) is 3.62. The van der Waals surface area contributed by atoms with E-state index in [1.807, 2.05) is 16.9 Å². The van der Waals surface area contributed by atoms with Gasteiger partial charge < -0.3 is 0 Å². The monoisotopic (exact) mass is 351 g/mol. The Balaban J connectivity index is 2.02. The van der Waals surface area contributed by atoms with Crippen LogP contribution in [0.25, 0.3) is 22.4 Å². The van der Waals surface area contributed by atoms with Crippen LogP contribution in [-0.2, 0) is 6.17 Å². The predicted octanol–water partition coefficient (Wildman–Crippen LogP) is 3.90. The summed E-state index contributed by atoms with van der Waals surface area (Å²) in [7, 11) is -1.33. The van der Waals surface area contributed by atoms with E-state index in [2.05, 4.69) is 41.0 Å². The Hall–Kier alpha value is -2.85. The van der Waals surface area contributed by atoms with Gasteiger partial charge >= 0.3 is 0 Å². The van der Waals surface area contributed by atoms with Crippen LogP contribution in [0.5, 0.6) is 0 Å². The van der Waals surface area contributed by atoms with Gasteiger partial charge in [0.2, 0.25) is 0 Å². The molecule has 0 unspecified atom stereocenters. The molecule has 0 aliphatic carbocycles. The van der Waals surface area contributed by atoms with Gasteiger partial charge in [-0.2, -0.15) is 5.26 Å². The van der Waals surface area contributed by atoms with E-state index >= 15 is 0 Å². The van der Waals surface area contributed by atoms with Crippen LogP contribution in [0.1, 0.15) is 5.69 Å². The summed E-state index contributed by atoms with van der Waals surface area (Å²) in [5.41, 5.74) is 3.17. The van der Waals surface area contributed by atoms with Gasteiger partial charge in [0.1, 0.15) is 23.3 Å². The van der Waals surface area contributed by atoms with Gasteiger partial charge in [-0.25, -0.2) is 9.37 Å². The highest BCUT2D eigenvalue weighted by atomic mass is 28.3. The molecule has 25 heavy (non-hydrogen) atoms. The normalized spacial score (nSPS) is 11.3. The average Bonchev–Trinajstić information content (AvgIpc) is 3.01. The highest BCUT2D eigenvalue weighted by Gasteiger charge is 2.17. The molecule has 0 aliphatic rings. The first-order valence-corrected chi connectivity index (χ1v) is 11.6. The lowest BCUT2D eigenvalue weighted by atomic mass is 10.0. The Labute approximate surface area is 146 Å². The zero-order valence-electron chi connectivity index (χ0n) is 14.4. The average molecular weight is 351 g/mol. The third kappa shape index (κ3) is 3.98. The highest BCUT2D eigenvalue weighted by molar-refractivity contribution is 6.74. The van der Waals surface area contributed by atoms with Gasteiger partial charge in [0.05, 0.1) is 14.3 Å². The van der Waals surface area contributed by atoms with E-state index in [4.69, 9.17) is 0 Å². The highest BCUT2D eigenvalue weighted by Crippen LogP contribution is 2.27. The molecule has 0 radical (unpaired) electrons.